The number of rotatable bonds is 2. The van der Waals surface area contributed by atoms with E-state index in [0.29, 0.717) is 10.8 Å². The summed E-state index contributed by atoms with van der Waals surface area (Å²) in [4.78, 5) is 4.01. The first kappa shape index (κ1) is 11.6. The lowest BCUT2D eigenvalue weighted by molar-refractivity contribution is 0.212. The maximum atomic E-state index is 10.4. The zero-order valence-electron chi connectivity index (χ0n) is 9.67. The monoisotopic (exact) mass is 261 g/mol. The van der Waals surface area contributed by atoms with Crippen molar-refractivity contribution < 1.29 is 5.11 Å². The molecular weight excluding hydrogens is 250 g/mol. The van der Waals surface area contributed by atoms with Crippen molar-refractivity contribution >= 4 is 11.6 Å². The van der Waals surface area contributed by atoms with Crippen LogP contribution in [0, 0.1) is 0 Å². The van der Waals surface area contributed by atoms with Gasteiger partial charge in [-0.05, 0) is 36.5 Å². The van der Waals surface area contributed by atoms with E-state index in [1.54, 1.807) is 18.5 Å². The van der Waals surface area contributed by atoms with E-state index in [0.717, 1.165) is 36.0 Å². The summed E-state index contributed by atoms with van der Waals surface area (Å²) in [5.74, 6) is 0. The molecule has 1 atom stereocenters. The molecule has 1 aliphatic rings. The molecule has 2 heterocycles. The van der Waals surface area contributed by atoms with Gasteiger partial charge in [0.15, 0.2) is 5.15 Å². The van der Waals surface area contributed by atoms with Gasteiger partial charge < -0.3 is 5.11 Å². The third-order valence-corrected chi connectivity index (χ3v) is 3.58. The number of aliphatic hydroxyl groups excluding tert-OH is 1. The first-order chi connectivity index (χ1) is 8.77. The summed E-state index contributed by atoms with van der Waals surface area (Å²) in [7, 11) is 0. The highest BCUT2D eigenvalue weighted by molar-refractivity contribution is 6.30. The van der Waals surface area contributed by atoms with Gasteiger partial charge in [-0.2, -0.15) is 5.10 Å². The third-order valence-electron chi connectivity index (χ3n) is 3.28. The molecule has 0 saturated heterocycles. The van der Waals surface area contributed by atoms with Crippen LogP contribution in [-0.4, -0.2) is 20.3 Å². The lowest BCUT2D eigenvalue weighted by Gasteiger charge is -2.13. The van der Waals surface area contributed by atoms with Crippen molar-refractivity contribution in [1.82, 2.24) is 15.2 Å². The second-order valence-electron chi connectivity index (χ2n) is 4.38. The fourth-order valence-corrected chi connectivity index (χ4v) is 2.63. The van der Waals surface area contributed by atoms with Gasteiger partial charge in [0.05, 0.1) is 5.69 Å². The summed E-state index contributed by atoms with van der Waals surface area (Å²) >= 11 is 6.02. The molecule has 1 aliphatic carbocycles. The van der Waals surface area contributed by atoms with Crippen molar-refractivity contribution in [1.29, 1.82) is 0 Å². The quantitative estimate of drug-likeness (QED) is 0.899. The molecule has 4 nitrogen and oxygen atoms in total. The van der Waals surface area contributed by atoms with E-state index in [1.807, 2.05) is 6.07 Å². The predicted octanol–water partition coefficient (Wildman–Crippen LogP) is 2.10. The van der Waals surface area contributed by atoms with Crippen LogP contribution < -0.4 is 0 Å². The minimum Gasteiger partial charge on any atom is -0.382 e. The number of pyridine rings is 1. The molecule has 0 amide bonds. The molecule has 3 rings (SSSR count). The fraction of sp³-hybridized carbons (Fsp3) is 0.308. The maximum absolute atomic E-state index is 10.4. The van der Waals surface area contributed by atoms with Crippen molar-refractivity contribution in [2.24, 2.45) is 0 Å². The summed E-state index contributed by atoms with van der Waals surface area (Å²) in [5, 5.41) is 18.8. The highest BCUT2D eigenvalue weighted by Crippen LogP contribution is 2.33. The van der Waals surface area contributed by atoms with Crippen LogP contribution in [0.15, 0.2) is 24.5 Å². The third kappa shape index (κ3) is 1.87. The van der Waals surface area contributed by atoms with Crippen molar-refractivity contribution in [3.8, 4) is 0 Å². The summed E-state index contributed by atoms with van der Waals surface area (Å²) in [6.07, 6.45) is 5.38. The first-order valence-corrected chi connectivity index (χ1v) is 6.27. The average molecular weight is 262 g/mol. The number of aliphatic hydroxyl groups is 1. The Labute approximate surface area is 110 Å². The van der Waals surface area contributed by atoms with Crippen LogP contribution in [0.5, 0.6) is 0 Å². The largest absolute Gasteiger partial charge is 0.382 e. The molecule has 0 fully saturated rings. The minimum absolute atomic E-state index is 0.463. The Morgan fingerprint density at radius 3 is 2.83 bits per heavy atom. The number of fused-ring (bicyclic) bond motifs is 1. The molecule has 1 unspecified atom stereocenters. The number of halogens is 1. The van der Waals surface area contributed by atoms with Gasteiger partial charge in [0, 0.05) is 18.0 Å². The highest BCUT2D eigenvalue weighted by Gasteiger charge is 2.25. The molecule has 0 spiro atoms. The Hall–Kier alpha value is -1.52. The van der Waals surface area contributed by atoms with Crippen LogP contribution in [0.2, 0.25) is 5.15 Å². The van der Waals surface area contributed by atoms with E-state index in [1.165, 1.54) is 0 Å². The van der Waals surface area contributed by atoms with Crippen LogP contribution in [0.1, 0.15) is 34.9 Å². The summed E-state index contributed by atoms with van der Waals surface area (Å²) < 4.78 is 0. The zero-order chi connectivity index (χ0) is 12.5. The molecular formula is C13H12ClN3O. The molecule has 0 radical (unpaired) electrons. The normalized spacial score (nSPS) is 15.4. The van der Waals surface area contributed by atoms with E-state index in [9.17, 15) is 5.11 Å². The average Bonchev–Trinajstić information content (AvgIpc) is 2.90. The number of hydrogen-bond donors (Lipinski definition) is 1. The van der Waals surface area contributed by atoms with Crippen molar-refractivity contribution in [3.05, 3.63) is 52.1 Å². The summed E-state index contributed by atoms with van der Waals surface area (Å²) in [5.41, 5.74) is 3.42. The Balaban J connectivity index is 2.06. The molecule has 0 aliphatic heterocycles. The smallest absolute Gasteiger partial charge is 0.155 e. The van der Waals surface area contributed by atoms with Gasteiger partial charge in [-0.3, -0.25) is 4.98 Å². The Morgan fingerprint density at radius 2 is 2.06 bits per heavy atom. The van der Waals surface area contributed by atoms with Gasteiger partial charge in [-0.1, -0.05) is 17.7 Å². The molecule has 92 valence electrons. The molecule has 0 saturated carbocycles. The standard InChI is InChI=1S/C13H12ClN3O/c14-13-10-5-1-4-9(10)11(16-17-13)12(18)8-3-2-6-15-7-8/h2-3,6-7,12,18H,1,4-5H2. The minimum atomic E-state index is -0.782. The van der Waals surface area contributed by atoms with Crippen molar-refractivity contribution in [2.75, 3.05) is 0 Å². The van der Waals surface area contributed by atoms with Gasteiger partial charge >= 0.3 is 0 Å². The predicted molar refractivity (Wildman–Crippen MR) is 67.4 cm³/mol. The van der Waals surface area contributed by atoms with E-state index in [4.69, 9.17) is 11.6 Å². The van der Waals surface area contributed by atoms with Crippen LogP contribution in [-0.2, 0) is 12.8 Å². The van der Waals surface area contributed by atoms with Gasteiger partial charge in [-0.15, -0.1) is 5.10 Å². The summed E-state index contributed by atoms with van der Waals surface area (Å²) in [6.45, 7) is 0. The van der Waals surface area contributed by atoms with Crippen LogP contribution in [0.3, 0.4) is 0 Å². The first-order valence-electron chi connectivity index (χ1n) is 5.89. The van der Waals surface area contributed by atoms with Crippen LogP contribution in [0.4, 0.5) is 0 Å². The van der Waals surface area contributed by atoms with Crippen LogP contribution >= 0.6 is 11.6 Å². The fourth-order valence-electron chi connectivity index (χ4n) is 2.39. The highest BCUT2D eigenvalue weighted by atomic mass is 35.5. The van der Waals surface area contributed by atoms with Gasteiger partial charge in [0.2, 0.25) is 0 Å². The van der Waals surface area contributed by atoms with Gasteiger partial charge in [0.25, 0.3) is 0 Å². The zero-order valence-corrected chi connectivity index (χ0v) is 10.4. The second kappa shape index (κ2) is 4.63. The lowest BCUT2D eigenvalue weighted by atomic mass is 10.0. The van der Waals surface area contributed by atoms with Gasteiger partial charge in [-0.25, -0.2) is 0 Å². The van der Waals surface area contributed by atoms with E-state index >= 15 is 0 Å². The topological polar surface area (TPSA) is 58.9 Å². The van der Waals surface area contributed by atoms with Crippen molar-refractivity contribution in [2.45, 2.75) is 25.4 Å². The Bertz CT molecular complexity index is 574. The van der Waals surface area contributed by atoms with E-state index in [2.05, 4.69) is 15.2 Å². The maximum Gasteiger partial charge on any atom is 0.155 e. The molecule has 2 aromatic rings. The number of hydrogen-bond acceptors (Lipinski definition) is 4. The number of nitrogens with zero attached hydrogens (tertiary/aromatic N) is 3. The molecule has 1 N–H and O–H groups in total. The lowest BCUT2D eigenvalue weighted by Crippen LogP contribution is -2.09. The van der Waals surface area contributed by atoms with Gasteiger partial charge in [0.1, 0.15) is 6.10 Å². The Kier molecular flexibility index (Phi) is 2.97. The van der Waals surface area contributed by atoms with Crippen LogP contribution in [0.25, 0.3) is 0 Å². The number of aromatic nitrogens is 3. The summed E-state index contributed by atoms with van der Waals surface area (Å²) in [6, 6.07) is 3.62. The van der Waals surface area contributed by atoms with E-state index in [-0.39, 0.29) is 0 Å². The Morgan fingerprint density at radius 1 is 1.22 bits per heavy atom. The second-order valence-corrected chi connectivity index (χ2v) is 4.73. The molecule has 0 aromatic carbocycles. The van der Waals surface area contributed by atoms with E-state index < -0.39 is 6.10 Å². The van der Waals surface area contributed by atoms with Crippen molar-refractivity contribution in [3.63, 3.8) is 0 Å². The SMILES string of the molecule is OC(c1cccnc1)c1nnc(Cl)c2c1CCC2. The molecule has 18 heavy (non-hydrogen) atoms. The molecule has 0 bridgehead atoms. The molecule has 2 aromatic heterocycles. The molecule has 5 heteroatoms.